The number of benzene rings is 1. The van der Waals surface area contributed by atoms with Gasteiger partial charge >= 0.3 is 5.97 Å². The molecule has 1 fully saturated rings. The first-order valence-electron chi connectivity index (χ1n) is 8.41. The predicted octanol–water partition coefficient (Wildman–Crippen LogP) is 3.69. The Hall–Kier alpha value is -1.75. The summed E-state index contributed by atoms with van der Waals surface area (Å²) in [5.41, 5.74) is 0.702. The molecule has 0 atom stereocenters. The number of carbonyl (C=O) groups excluding carboxylic acids is 3. The highest BCUT2D eigenvalue weighted by Gasteiger charge is 2.36. The van der Waals surface area contributed by atoms with E-state index in [1.165, 1.54) is 0 Å². The average molecular weight is 505 g/mol. The largest absolute Gasteiger partial charge is 0.490 e. The zero-order valence-electron chi connectivity index (χ0n) is 15.2. The van der Waals surface area contributed by atoms with Crippen LogP contribution < -0.4 is 9.47 Å². The van der Waals surface area contributed by atoms with Crippen LogP contribution in [0, 0.1) is 3.57 Å². The van der Waals surface area contributed by atoms with Gasteiger partial charge in [0.05, 0.1) is 28.3 Å². The Morgan fingerprint density at radius 3 is 2.48 bits per heavy atom. The molecule has 0 unspecified atom stereocenters. The summed E-state index contributed by atoms with van der Waals surface area (Å²) in [7, 11) is 0. The van der Waals surface area contributed by atoms with E-state index in [1.54, 1.807) is 19.1 Å². The highest BCUT2D eigenvalue weighted by atomic mass is 127. The molecule has 0 N–H and O–H groups in total. The quantitative estimate of drug-likeness (QED) is 0.303. The van der Waals surface area contributed by atoms with Gasteiger partial charge in [0, 0.05) is 0 Å². The minimum atomic E-state index is -0.615. The molecule has 1 aliphatic rings. The Morgan fingerprint density at radius 2 is 1.85 bits per heavy atom. The highest BCUT2D eigenvalue weighted by molar-refractivity contribution is 14.1. The first-order valence-corrected chi connectivity index (χ1v) is 10.3. The summed E-state index contributed by atoms with van der Waals surface area (Å²) in [5, 5.41) is -0.495. The first kappa shape index (κ1) is 21.5. The van der Waals surface area contributed by atoms with Crippen molar-refractivity contribution in [2.75, 3.05) is 26.4 Å². The third kappa shape index (κ3) is 5.38. The third-order valence-corrected chi connectivity index (χ3v) is 5.09. The lowest BCUT2D eigenvalue weighted by atomic mass is 10.2. The van der Waals surface area contributed by atoms with Crippen molar-refractivity contribution in [3.05, 3.63) is 26.2 Å². The van der Waals surface area contributed by atoms with Crippen LogP contribution in [0.3, 0.4) is 0 Å². The van der Waals surface area contributed by atoms with E-state index in [0.717, 1.165) is 20.2 Å². The number of esters is 1. The number of hydrogen-bond acceptors (Lipinski definition) is 7. The van der Waals surface area contributed by atoms with Crippen LogP contribution in [-0.2, 0) is 14.3 Å². The molecular formula is C18H20INO6S. The lowest BCUT2D eigenvalue weighted by Gasteiger charge is -2.13. The van der Waals surface area contributed by atoms with Crippen molar-refractivity contribution in [3.8, 4) is 11.5 Å². The van der Waals surface area contributed by atoms with Gasteiger partial charge in [-0.15, -0.1) is 0 Å². The number of imide groups is 1. The second kappa shape index (κ2) is 9.98. The number of amides is 2. The number of halogens is 1. The SMILES string of the molecule is CCOC(=O)CN1C(=O)S/C(=C\c2cc(I)c(OCC)c(OCC)c2)C1=O. The zero-order chi connectivity index (χ0) is 20.0. The summed E-state index contributed by atoms with van der Waals surface area (Å²) >= 11 is 2.93. The van der Waals surface area contributed by atoms with Crippen LogP contribution >= 0.6 is 34.4 Å². The van der Waals surface area contributed by atoms with E-state index in [2.05, 4.69) is 22.6 Å². The van der Waals surface area contributed by atoms with Gasteiger partial charge in [0.2, 0.25) is 0 Å². The van der Waals surface area contributed by atoms with Crippen LogP contribution in [0.2, 0.25) is 0 Å². The first-order chi connectivity index (χ1) is 12.9. The second-order valence-electron chi connectivity index (χ2n) is 5.27. The molecule has 27 heavy (non-hydrogen) atoms. The number of carbonyl (C=O) groups is 3. The lowest BCUT2D eigenvalue weighted by Crippen LogP contribution is -2.34. The monoisotopic (exact) mass is 505 g/mol. The predicted molar refractivity (Wildman–Crippen MR) is 111 cm³/mol. The van der Waals surface area contributed by atoms with E-state index in [4.69, 9.17) is 14.2 Å². The lowest BCUT2D eigenvalue weighted by molar-refractivity contribution is -0.145. The van der Waals surface area contributed by atoms with Gasteiger partial charge in [-0.05, 0) is 78.9 Å². The van der Waals surface area contributed by atoms with Gasteiger partial charge in [0.25, 0.3) is 11.1 Å². The van der Waals surface area contributed by atoms with Gasteiger partial charge in [0.1, 0.15) is 6.54 Å². The molecule has 1 saturated heterocycles. The Labute approximate surface area is 175 Å². The molecule has 7 nitrogen and oxygen atoms in total. The van der Waals surface area contributed by atoms with Crippen LogP contribution in [0.1, 0.15) is 26.3 Å². The minimum Gasteiger partial charge on any atom is -0.490 e. The third-order valence-electron chi connectivity index (χ3n) is 3.38. The number of rotatable bonds is 8. The molecule has 1 aliphatic heterocycles. The summed E-state index contributed by atoms with van der Waals surface area (Å²) in [6.45, 7) is 6.19. The Bertz CT molecular complexity index is 779. The molecule has 0 radical (unpaired) electrons. The van der Waals surface area contributed by atoms with Crippen LogP contribution in [0.5, 0.6) is 11.5 Å². The molecule has 0 spiro atoms. The fourth-order valence-corrected chi connectivity index (χ4v) is 3.96. The average Bonchev–Trinajstić information content (AvgIpc) is 2.86. The van der Waals surface area contributed by atoms with Crippen LogP contribution in [-0.4, -0.2) is 48.4 Å². The van der Waals surface area contributed by atoms with Crippen LogP contribution in [0.25, 0.3) is 6.08 Å². The van der Waals surface area contributed by atoms with Crippen molar-refractivity contribution in [1.82, 2.24) is 4.90 Å². The summed E-state index contributed by atoms with van der Waals surface area (Å²) in [4.78, 5) is 37.3. The number of nitrogens with zero attached hydrogens (tertiary/aromatic N) is 1. The minimum absolute atomic E-state index is 0.190. The summed E-state index contributed by atoms with van der Waals surface area (Å²) < 4.78 is 16.9. The fraction of sp³-hybridized carbons (Fsp3) is 0.389. The highest BCUT2D eigenvalue weighted by Crippen LogP contribution is 2.37. The van der Waals surface area contributed by atoms with Gasteiger partial charge in [0.15, 0.2) is 11.5 Å². The van der Waals surface area contributed by atoms with Crippen molar-refractivity contribution >= 4 is 57.5 Å². The maximum atomic E-state index is 12.5. The molecule has 0 saturated carbocycles. The topological polar surface area (TPSA) is 82.1 Å². The smallest absolute Gasteiger partial charge is 0.326 e. The van der Waals surface area contributed by atoms with E-state index in [9.17, 15) is 14.4 Å². The second-order valence-corrected chi connectivity index (χ2v) is 7.42. The van der Waals surface area contributed by atoms with Crippen molar-refractivity contribution < 1.29 is 28.6 Å². The van der Waals surface area contributed by atoms with Gasteiger partial charge < -0.3 is 14.2 Å². The van der Waals surface area contributed by atoms with Gasteiger partial charge in [-0.1, -0.05) is 0 Å². The molecular weight excluding hydrogens is 485 g/mol. The van der Waals surface area contributed by atoms with Gasteiger partial charge in [-0.3, -0.25) is 19.3 Å². The van der Waals surface area contributed by atoms with E-state index >= 15 is 0 Å². The Kier molecular flexibility index (Phi) is 7.96. The van der Waals surface area contributed by atoms with Crippen molar-refractivity contribution in [1.29, 1.82) is 0 Å². The summed E-state index contributed by atoms with van der Waals surface area (Å²) in [6, 6.07) is 3.60. The number of ether oxygens (including phenoxy) is 3. The molecule has 1 aromatic rings. The Balaban J connectivity index is 2.29. The number of hydrogen-bond donors (Lipinski definition) is 0. The molecule has 0 aliphatic carbocycles. The van der Waals surface area contributed by atoms with E-state index in [1.807, 2.05) is 19.9 Å². The molecule has 0 aromatic heterocycles. The van der Waals surface area contributed by atoms with Crippen molar-refractivity contribution in [2.24, 2.45) is 0 Å². The standard InChI is InChI=1S/C18H20INO6S/c1-4-24-13-8-11(7-12(19)16(13)26-6-3)9-14-17(22)20(18(23)27-14)10-15(21)25-5-2/h7-9H,4-6,10H2,1-3H3/b14-9-. The molecule has 1 heterocycles. The van der Waals surface area contributed by atoms with E-state index < -0.39 is 17.1 Å². The van der Waals surface area contributed by atoms with E-state index in [-0.39, 0.29) is 18.1 Å². The molecule has 2 rings (SSSR count). The maximum Gasteiger partial charge on any atom is 0.326 e. The summed E-state index contributed by atoms with van der Waals surface area (Å²) in [6.07, 6.45) is 1.61. The molecule has 1 aromatic carbocycles. The Morgan fingerprint density at radius 1 is 1.15 bits per heavy atom. The van der Waals surface area contributed by atoms with E-state index in [0.29, 0.717) is 30.3 Å². The molecule has 146 valence electrons. The molecule has 9 heteroatoms. The normalized spacial score (nSPS) is 15.4. The maximum absolute atomic E-state index is 12.5. The molecule has 2 amide bonds. The fourth-order valence-electron chi connectivity index (χ4n) is 2.34. The molecule has 0 bridgehead atoms. The van der Waals surface area contributed by atoms with Crippen LogP contribution in [0.4, 0.5) is 4.79 Å². The van der Waals surface area contributed by atoms with Crippen molar-refractivity contribution in [3.63, 3.8) is 0 Å². The van der Waals surface area contributed by atoms with Gasteiger partial charge in [-0.25, -0.2) is 0 Å². The van der Waals surface area contributed by atoms with Crippen LogP contribution in [0.15, 0.2) is 17.0 Å². The van der Waals surface area contributed by atoms with Crippen molar-refractivity contribution in [2.45, 2.75) is 20.8 Å². The van der Waals surface area contributed by atoms with Gasteiger partial charge in [-0.2, -0.15) is 0 Å². The summed E-state index contributed by atoms with van der Waals surface area (Å²) in [5.74, 6) is 0.0889. The zero-order valence-corrected chi connectivity index (χ0v) is 18.2. The number of thioether (sulfide) groups is 1.